The van der Waals surface area contributed by atoms with Crippen molar-refractivity contribution < 1.29 is 5.11 Å². The van der Waals surface area contributed by atoms with E-state index >= 15 is 0 Å². The molecule has 3 nitrogen and oxygen atoms in total. The molecule has 0 amide bonds. The monoisotopic (exact) mass is 160 g/mol. The topological polar surface area (TPSA) is 58.3 Å². The van der Waals surface area contributed by atoms with E-state index in [9.17, 15) is 0 Å². The third-order valence-corrected chi connectivity index (χ3v) is 1.66. The second-order valence-electron chi connectivity index (χ2n) is 3.18. The molecule has 0 radical (unpaired) electrons. The summed E-state index contributed by atoms with van der Waals surface area (Å²) in [4.78, 5) is 0. The molecule has 0 fully saturated rings. The van der Waals surface area contributed by atoms with Gasteiger partial charge in [-0.25, -0.2) is 0 Å². The molecule has 0 aromatic heterocycles. The van der Waals surface area contributed by atoms with Gasteiger partial charge in [-0.15, -0.1) is 0 Å². The van der Waals surface area contributed by atoms with Crippen LogP contribution in [0.2, 0.25) is 0 Å². The van der Waals surface area contributed by atoms with Crippen LogP contribution in [0.5, 0.6) is 0 Å². The van der Waals surface area contributed by atoms with Gasteiger partial charge in [-0.05, 0) is 32.4 Å². The number of nitrogens with one attached hydrogen (secondary N) is 1. The predicted molar refractivity (Wildman–Crippen MR) is 47.4 cm³/mol. The maximum absolute atomic E-state index is 8.89. The number of nitrogens with two attached hydrogens (primary N) is 1. The van der Waals surface area contributed by atoms with Crippen LogP contribution in [0.15, 0.2) is 0 Å². The van der Waals surface area contributed by atoms with Gasteiger partial charge in [-0.1, -0.05) is 6.92 Å². The van der Waals surface area contributed by atoms with Gasteiger partial charge in [0, 0.05) is 6.54 Å². The third kappa shape index (κ3) is 7.78. The first-order chi connectivity index (χ1) is 5.16. The molecule has 0 spiro atoms. The first-order valence-electron chi connectivity index (χ1n) is 4.25. The van der Waals surface area contributed by atoms with Crippen molar-refractivity contribution in [2.24, 2.45) is 11.7 Å². The highest BCUT2D eigenvalue weighted by atomic mass is 16.3. The summed E-state index contributed by atoms with van der Waals surface area (Å²) in [5.41, 5.74) is 5.44. The van der Waals surface area contributed by atoms with E-state index in [1.54, 1.807) is 6.92 Å². The highest BCUT2D eigenvalue weighted by molar-refractivity contribution is 4.57. The Bertz CT molecular complexity index is 86.2. The summed E-state index contributed by atoms with van der Waals surface area (Å²) in [5, 5.41) is 12.0. The van der Waals surface area contributed by atoms with Crippen LogP contribution in [0.3, 0.4) is 0 Å². The summed E-state index contributed by atoms with van der Waals surface area (Å²) in [6.07, 6.45) is 0.839. The van der Waals surface area contributed by atoms with Crippen molar-refractivity contribution in [1.29, 1.82) is 0 Å². The van der Waals surface area contributed by atoms with Crippen molar-refractivity contribution in [3.63, 3.8) is 0 Å². The maximum Gasteiger partial charge on any atom is 0.0636 e. The average molecular weight is 160 g/mol. The Hall–Kier alpha value is -0.120. The van der Waals surface area contributed by atoms with E-state index in [1.165, 1.54) is 0 Å². The summed E-state index contributed by atoms with van der Waals surface area (Å²) >= 11 is 0. The summed E-state index contributed by atoms with van der Waals surface area (Å²) in [5.74, 6) is 0.580. The largest absolute Gasteiger partial charge is 0.392 e. The lowest BCUT2D eigenvalue weighted by atomic mass is 10.1. The summed E-state index contributed by atoms with van der Waals surface area (Å²) < 4.78 is 0. The summed E-state index contributed by atoms with van der Waals surface area (Å²) in [7, 11) is 0. The van der Waals surface area contributed by atoms with Gasteiger partial charge < -0.3 is 16.2 Å². The second kappa shape index (κ2) is 6.58. The zero-order valence-corrected chi connectivity index (χ0v) is 7.51. The number of hydrogen-bond acceptors (Lipinski definition) is 3. The van der Waals surface area contributed by atoms with E-state index in [1.807, 2.05) is 0 Å². The zero-order chi connectivity index (χ0) is 8.69. The molecule has 0 aliphatic heterocycles. The van der Waals surface area contributed by atoms with Gasteiger partial charge in [0.2, 0.25) is 0 Å². The normalized spacial score (nSPS) is 16.4. The van der Waals surface area contributed by atoms with Gasteiger partial charge in [0.25, 0.3) is 0 Å². The lowest BCUT2D eigenvalue weighted by molar-refractivity contribution is 0.190. The Morgan fingerprint density at radius 3 is 2.55 bits per heavy atom. The van der Waals surface area contributed by atoms with Crippen LogP contribution < -0.4 is 11.1 Å². The first-order valence-corrected chi connectivity index (χ1v) is 4.25. The molecule has 0 heterocycles. The lowest BCUT2D eigenvalue weighted by Crippen LogP contribution is -2.27. The van der Waals surface area contributed by atoms with Crippen molar-refractivity contribution in [2.75, 3.05) is 19.6 Å². The quantitative estimate of drug-likeness (QED) is 0.477. The van der Waals surface area contributed by atoms with E-state index in [-0.39, 0.29) is 6.10 Å². The molecule has 0 rings (SSSR count). The molecule has 2 unspecified atom stereocenters. The SMILES string of the molecule is CC(O)CNCCC(C)CN. The van der Waals surface area contributed by atoms with Crippen molar-refractivity contribution in [2.45, 2.75) is 26.4 Å². The first kappa shape index (κ1) is 10.9. The van der Waals surface area contributed by atoms with Gasteiger partial charge >= 0.3 is 0 Å². The van der Waals surface area contributed by atoms with Crippen LogP contribution in [0.4, 0.5) is 0 Å². The van der Waals surface area contributed by atoms with Crippen molar-refractivity contribution in [3.05, 3.63) is 0 Å². The molecule has 11 heavy (non-hydrogen) atoms. The number of rotatable bonds is 6. The molecular weight excluding hydrogens is 140 g/mol. The molecule has 0 saturated carbocycles. The summed E-state index contributed by atoms with van der Waals surface area (Å²) in [6, 6.07) is 0. The Kier molecular flexibility index (Phi) is 6.51. The minimum atomic E-state index is -0.247. The van der Waals surface area contributed by atoms with Crippen LogP contribution in [0, 0.1) is 5.92 Å². The van der Waals surface area contributed by atoms with Gasteiger partial charge in [0.1, 0.15) is 0 Å². The molecule has 0 aromatic rings. The highest BCUT2D eigenvalue weighted by Gasteiger charge is 1.98. The van der Waals surface area contributed by atoms with Crippen molar-refractivity contribution in [3.8, 4) is 0 Å². The molecular formula is C8H20N2O. The Morgan fingerprint density at radius 2 is 2.09 bits per heavy atom. The maximum atomic E-state index is 8.89. The van der Waals surface area contributed by atoms with E-state index in [0.29, 0.717) is 12.5 Å². The predicted octanol–water partition coefficient (Wildman–Crippen LogP) is -0.0583. The summed E-state index contributed by atoms with van der Waals surface area (Å²) in [6.45, 7) is 6.28. The standard InChI is InChI=1S/C8H20N2O/c1-7(5-9)3-4-10-6-8(2)11/h7-8,10-11H,3-6,9H2,1-2H3. The van der Waals surface area contributed by atoms with Crippen LogP contribution in [0.1, 0.15) is 20.3 Å². The minimum absolute atomic E-state index is 0.247. The highest BCUT2D eigenvalue weighted by Crippen LogP contribution is 1.95. The number of hydrogen-bond donors (Lipinski definition) is 3. The fourth-order valence-corrected chi connectivity index (χ4v) is 0.777. The van der Waals surface area contributed by atoms with Gasteiger partial charge in [-0.3, -0.25) is 0 Å². The molecule has 3 heteroatoms. The number of aliphatic hydroxyl groups excluding tert-OH is 1. The molecule has 4 N–H and O–H groups in total. The molecule has 0 bridgehead atoms. The molecule has 0 aliphatic rings. The van der Waals surface area contributed by atoms with Gasteiger partial charge in [-0.2, -0.15) is 0 Å². The Morgan fingerprint density at radius 1 is 1.45 bits per heavy atom. The van der Waals surface area contributed by atoms with E-state index in [4.69, 9.17) is 10.8 Å². The minimum Gasteiger partial charge on any atom is -0.392 e. The third-order valence-electron chi connectivity index (χ3n) is 1.66. The van der Waals surface area contributed by atoms with E-state index in [0.717, 1.165) is 19.5 Å². The van der Waals surface area contributed by atoms with E-state index < -0.39 is 0 Å². The fraction of sp³-hybridized carbons (Fsp3) is 1.00. The van der Waals surface area contributed by atoms with Gasteiger partial charge in [0.05, 0.1) is 6.10 Å². The van der Waals surface area contributed by atoms with Crippen LogP contribution in [-0.2, 0) is 0 Å². The Balaban J connectivity index is 3.01. The Labute approximate surface area is 69.0 Å². The molecule has 68 valence electrons. The molecule has 0 aromatic carbocycles. The molecule has 0 saturated heterocycles. The van der Waals surface area contributed by atoms with Gasteiger partial charge in [0.15, 0.2) is 0 Å². The smallest absolute Gasteiger partial charge is 0.0636 e. The van der Waals surface area contributed by atoms with Crippen LogP contribution in [-0.4, -0.2) is 30.8 Å². The molecule has 2 atom stereocenters. The molecule has 0 aliphatic carbocycles. The zero-order valence-electron chi connectivity index (χ0n) is 7.51. The average Bonchev–Trinajstić information content (AvgIpc) is 1.97. The van der Waals surface area contributed by atoms with Crippen molar-refractivity contribution in [1.82, 2.24) is 5.32 Å². The van der Waals surface area contributed by atoms with Crippen LogP contribution >= 0.6 is 0 Å². The lowest BCUT2D eigenvalue weighted by Gasteiger charge is -2.09. The second-order valence-corrected chi connectivity index (χ2v) is 3.18. The van der Waals surface area contributed by atoms with Crippen molar-refractivity contribution >= 4 is 0 Å². The number of aliphatic hydroxyl groups is 1. The van der Waals surface area contributed by atoms with Crippen LogP contribution in [0.25, 0.3) is 0 Å². The fourth-order valence-electron chi connectivity index (χ4n) is 0.777. The van der Waals surface area contributed by atoms with E-state index in [2.05, 4.69) is 12.2 Å².